The second-order valence-corrected chi connectivity index (χ2v) is 6.64. The van der Waals surface area contributed by atoms with Crippen LogP contribution in [0.15, 0.2) is 0 Å². The van der Waals surface area contributed by atoms with Gasteiger partial charge < -0.3 is 44.5 Å². The first-order valence-electron chi connectivity index (χ1n) is 9.96. The molecule has 0 spiro atoms. The number of esters is 1. The van der Waals surface area contributed by atoms with E-state index in [9.17, 15) is 24.0 Å². The van der Waals surface area contributed by atoms with Crippen molar-refractivity contribution >= 4 is 29.7 Å². The van der Waals surface area contributed by atoms with Gasteiger partial charge in [0.25, 0.3) is 0 Å². The summed E-state index contributed by atoms with van der Waals surface area (Å²) in [4.78, 5) is 57.1. The Bertz CT molecular complexity index is 642. The molecule has 0 bridgehead atoms. The predicted octanol–water partition coefficient (Wildman–Crippen LogP) is -1.84. The maximum atomic E-state index is 12.0. The average Bonchev–Trinajstić information content (AvgIpc) is 2.77. The molecule has 0 aromatic rings. The first kappa shape index (κ1) is 30.2. The molecule has 0 heterocycles. The van der Waals surface area contributed by atoms with Gasteiger partial charge >= 0.3 is 17.9 Å². The van der Waals surface area contributed by atoms with Crippen LogP contribution in [0.4, 0.5) is 0 Å². The van der Waals surface area contributed by atoms with E-state index >= 15 is 0 Å². The number of nitrogens with one attached hydrogen (secondary N) is 2. The Morgan fingerprint density at radius 3 is 1.76 bits per heavy atom. The molecule has 0 saturated heterocycles. The molecule has 14 nitrogen and oxygen atoms in total. The van der Waals surface area contributed by atoms with Crippen LogP contribution in [0.1, 0.15) is 19.3 Å². The zero-order valence-corrected chi connectivity index (χ0v) is 18.9. The number of aliphatic carboxylic acids is 2. The number of hydrogen-bond donors (Lipinski definition) is 4. The number of carbonyl (C=O) groups excluding carboxylic acids is 3. The fourth-order valence-electron chi connectivity index (χ4n) is 2.38. The predicted molar refractivity (Wildman–Crippen MR) is 109 cm³/mol. The number of amides is 2. The van der Waals surface area contributed by atoms with E-state index in [4.69, 9.17) is 19.7 Å². The van der Waals surface area contributed by atoms with Crippen LogP contribution in [0.5, 0.6) is 0 Å². The Morgan fingerprint density at radius 1 is 0.788 bits per heavy atom. The van der Waals surface area contributed by atoms with Crippen LogP contribution >= 0.6 is 0 Å². The Labute approximate surface area is 190 Å². The highest BCUT2D eigenvalue weighted by Gasteiger charge is 2.22. The van der Waals surface area contributed by atoms with Crippen molar-refractivity contribution in [3.63, 3.8) is 0 Å². The third-order valence-electron chi connectivity index (χ3n) is 4.19. The number of rotatable bonds is 19. The van der Waals surface area contributed by atoms with Crippen LogP contribution < -0.4 is 10.6 Å². The topological polar surface area (TPSA) is 196 Å². The summed E-state index contributed by atoms with van der Waals surface area (Å²) in [5.41, 5.74) is 0. The Hall–Kier alpha value is -2.81. The smallest absolute Gasteiger partial charge is 0.335 e. The van der Waals surface area contributed by atoms with Gasteiger partial charge in [-0.25, -0.2) is 14.4 Å². The zero-order chi connectivity index (χ0) is 25.2. The van der Waals surface area contributed by atoms with Gasteiger partial charge in [0.2, 0.25) is 11.8 Å². The molecule has 0 aliphatic carbocycles. The molecule has 0 rings (SSSR count). The van der Waals surface area contributed by atoms with Gasteiger partial charge in [-0.1, -0.05) is 0 Å². The summed E-state index contributed by atoms with van der Waals surface area (Å²) >= 11 is 0. The van der Waals surface area contributed by atoms with Gasteiger partial charge in [-0.3, -0.25) is 9.59 Å². The number of methoxy groups -OCH3 is 3. The fraction of sp³-hybridized carbons (Fsp3) is 0.737. The fourth-order valence-corrected chi connectivity index (χ4v) is 2.38. The minimum atomic E-state index is -1.23. The van der Waals surface area contributed by atoms with Crippen molar-refractivity contribution in [2.75, 3.05) is 54.3 Å². The standard InChI is InChI=1S/C19H32N2O12/c1-29-13(17(24)25)8-32-10-15(22)20-7-5-4-6-12(19(28)31-3)21-16(23)11-33-9-14(30-2)18(26)27/h12-14H,4-11H2,1-3H3,(H,20,22)(H,21,23)(H,24,25)(H,26,27). The third-order valence-corrected chi connectivity index (χ3v) is 4.19. The zero-order valence-electron chi connectivity index (χ0n) is 18.9. The molecule has 0 aromatic carbocycles. The molecular formula is C19H32N2O12. The highest BCUT2D eigenvalue weighted by molar-refractivity contribution is 5.85. The van der Waals surface area contributed by atoms with Gasteiger partial charge in [0.15, 0.2) is 12.2 Å². The second-order valence-electron chi connectivity index (χ2n) is 6.64. The van der Waals surface area contributed by atoms with Crippen LogP contribution in [0.2, 0.25) is 0 Å². The maximum Gasteiger partial charge on any atom is 0.335 e. The number of carbonyl (C=O) groups is 5. The van der Waals surface area contributed by atoms with Crippen molar-refractivity contribution in [1.82, 2.24) is 10.6 Å². The van der Waals surface area contributed by atoms with E-state index in [1.54, 1.807) is 0 Å². The summed E-state index contributed by atoms with van der Waals surface area (Å²) in [5.74, 6) is -4.17. The average molecular weight is 480 g/mol. The van der Waals surface area contributed by atoms with Gasteiger partial charge in [-0.15, -0.1) is 0 Å². The van der Waals surface area contributed by atoms with E-state index < -0.39 is 54.6 Å². The minimum Gasteiger partial charge on any atom is -0.479 e. The van der Waals surface area contributed by atoms with Crippen LogP contribution in [0, 0.1) is 0 Å². The molecule has 0 fully saturated rings. The Morgan fingerprint density at radius 2 is 1.30 bits per heavy atom. The van der Waals surface area contributed by atoms with Gasteiger partial charge in [0, 0.05) is 20.8 Å². The van der Waals surface area contributed by atoms with E-state index in [-0.39, 0.29) is 32.8 Å². The van der Waals surface area contributed by atoms with Crippen molar-refractivity contribution in [3.05, 3.63) is 0 Å². The summed E-state index contributed by atoms with van der Waals surface area (Å²) in [6, 6.07) is -0.940. The van der Waals surface area contributed by atoms with Gasteiger partial charge in [-0.05, 0) is 19.3 Å². The molecule has 0 aromatic heterocycles. The molecule has 0 saturated carbocycles. The lowest BCUT2D eigenvalue weighted by atomic mass is 10.1. The molecule has 190 valence electrons. The van der Waals surface area contributed by atoms with Gasteiger partial charge in [0.1, 0.15) is 19.3 Å². The van der Waals surface area contributed by atoms with E-state index in [2.05, 4.69) is 24.8 Å². The van der Waals surface area contributed by atoms with Crippen molar-refractivity contribution < 1.29 is 57.9 Å². The first-order chi connectivity index (χ1) is 15.7. The van der Waals surface area contributed by atoms with Crippen LogP contribution in [0.3, 0.4) is 0 Å². The van der Waals surface area contributed by atoms with Crippen LogP contribution in [0.25, 0.3) is 0 Å². The largest absolute Gasteiger partial charge is 0.479 e. The highest BCUT2D eigenvalue weighted by atomic mass is 16.6. The number of unbranched alkanes of at least 4 members (excludes halogenated alkanes) is 1. The highest BCUT2D eigenvalue weighted by Crippen LogP contribution is 2.03. The third kappa shape index (κ3) is 14.1. The van der Waals surface area contributed by atoms with Crippen LogP contribution in [-0.4, -0.2) is 112 Å². The van der Waals surface area contributed by atoms with E-state index in [0.717, 1.165) is 0 Å². The normalized spacial score (nSPS) is 13.4. The van der Waals surface area contributed by atoms with Crippen molar-refractivity contribution in [2.24, 2.45) is 0 Å². The maximum absolute atomic E-state index is 12.0. The molecular weight excluding hydrogens is 448 g/mol. The molecule has 3 atom stereocenters. The van der Waals surface area contributed by atoms with Gasteiger partial charge in [-0.2, -0.15) is 0 Å². The molecule has 0 aliphatic heterocycles. The van der Waals surface area contributed by atoms with E-state index in [1.165, 1.54) is 21.3 Å². The molecule has 4 N–H and O–H groups in total. The molecule has 0 aliphatic rings. The number of carboxylic acids is 2. The Balaban J connectivity index is 4.20. The SMILES string of the molecule is COC(=O)C(CCCCNC(=O)COCC(OC)C(=O)O)NC(=O)COCC(OC)C(=O)O. The first-order valence-corrected chi connectivity index (χ1v) is 9.96. The molecule has 33 heavy (non-hydrogen) atoms. The summed E-state index contributed by atoms with van der Waals surface area (Å²) < 4.78 is 24.0. The monoisotopic (exact) mass is 480 g/mol. The molecule has 2 amide bonds. The van der Waals surface area contributed by atoms with E-state index in [1.807, 2.05) is 0 Å². The lowest BCUT2D eigenvalue weighted by Gasteiger charge is -2.17. The van der Waals surface area contributed by atoms with Gasteiger partial charge in [0.05, 0.1) is 20.3 Å². The van der Waals surface area contributed by atoms with Crippen molar-refractivity contribution in [2.45, 2.75) is 37.5 Å². The summed E-state index contributed by atoms with van der Waals surface area (Å²) in [6.45, 7) is -1.14. The Kier molecular flexibility index (Phi) is 16.2. The second kappa shape index (κ2) is 17.7. The molecule has 3 unspecified atom stereocenters. The number of hydrogen-bond acceptors (Lipinski definition) is 10. The lowest BCUT2D eigenvalue weighted by molar-refractivity contribution is -0.154. The molecule has 0 radical (unpaired) electrons. The summed E-state index contributed by atoms with van der Waals surface area (Å²) in [6.07, 6.45) is -1.21. The number of ether oxygens (including phenoxy) is 5. The summed E-state index contributed by atoms with van der Waals surface area (Å²) in [5, 5.41) is 22.7. The lowest BCUT2D eigenvalue weighted by Crippen LogP contribution is -2.43. The summed E-state index contributed by atoms with van der Waals surface area (Å²) in [7, 11) is 3.59. The minimum absolute atomic E-state index is 0.231. The quantitative estimate of drug-likeness (QED) is 0.119. The van der Waals surface area contributed by atoms with Crippen LogP contribution in [-0.2, 0) is 47.7 Å². The van der Waals surface area contributed by atoms with Crippen molar-refractivity contribution in [3.8, 4) is 0 Å². The molecule has 14 heteroatoms. The van der Waals surface area contributed by atoms with Crippen molar-refractivity contribution in [1.29, 1.82) is 0 Å². The van der Waals surface area contributed by atoms with E-state index in [0.29, 0.717) is 12.8 Å². The number of carboxylic acid groups (broad SMARTS) is 2.